The van der Waals surface area contributed by atoms with E-state index in [1.165, 1.54) is 10.9 Å². The van der Waals surface area contributed by atoms with Crippen molar-refractivity contribution < 1.29 is 4.79 Å². The highest BCUT2D eigenvalue weighted by Gasteiger charge is 2.24. The summed E-state index contributed by atoms with van der Waals surface area (Å²) < 4.78 is 0. The van der Waals surface area contributed by atoms with E-state index < -0.39 is 0 Å². The third-order valence-corrected chi connectivity index (χ3v) is 3.91. The summed E-state index contributed by atoms with van der Waals surface area (Å²) in [5.41, 5.74) is 3.21. The summed E-state index contributed by atoms with van der Waals surface area (Å²) in [7, 11) is 3.75. The van der Waals surface area contributed by atoms with E-state index in [1.807, 2.05) is 18.2 Å². The molecule has 0 radical (unpaired) electrons. The molecule has 3 rings (SSSR count). The lowest BCUT2D eigenvalue weighted by atomic mass is 9.99. The molecule has 1 atom stereocenters. The van der Waals surface area contributed by atoms with Crippen LogP contribution in [-0.4, -0.2) is 38.0 Å². The highest BCUT2D eigenvalue weighted by atomic mass is 16.1. The van der Waals surface area contributed by atoms with E-state index >= 15 is 0 Å². The van der Waals surface area contributed by atoms with Crippen LogP contribution in [0.2, 0.25) is 0 Å². The molecule has 0 bridgehead atoms. The maximum Gasteiger partial charge on any atom is 0.226 e. The molecule has 2 heterocycles. The molecule has 1 N–H and O–H groups in total. The number of nitrogens with zero attached hydrogens (tertiary/aromatic N) is 2. The first-order chi connectivity index (χ1) is 9.20. The molecule has 19 heavy (non-hydrogen) atoms. The fourth-order valence-corrected chi connectivity index (χ4v) is 2.89. The summed E-state index contributed by atoms with van der Waals surface area (Å²) in [6.07, 6.45) is 0.958. The van der Waals surface area contributed by atoms with Gasteiger partial charge in [0.05, 0.1) is 5.92 Å². The van der Waals surface area contributed by atoms with Crippen molar-refractivity contribution in [3.05, 3.63) is 35.5 Å². The number of likely N-dealkylation sites (N-methyl/N-ethyl adjacent to an activating group) is 2. The van der Waals surface area contributed by atoms with Crippen LogP contribution in [0.15, 0.2) is 24.3 Å². The van der Waals surface area contributed by atoms with Crippen molar-refractivity contribution in [2.24, 2.45) is 0 Å². The van der Waals surface area contributed by atoms with Crippen molar-refractivity contribution in [3.63, 3.8) is 0 Å². The highest BCUT2D eigenvalue weighted by Crippen LogP contribution is 2.30. The van der Waals surface area contributed by atoms with E-state index in [1.54, 1.807) is 7.05 Å². The SMILES string of the molecule is CNC(=O)C1CN(C)CCc2c1[n-]c1ccccc21. The van der Waals surface area contributed by atoms with Gasteiger partial charge >= 0.3 is 0 Å². The van der Waals surface area contributed by atoms with Crippen LogP contribution >= 0.6 is 0 Å². The largest absolute Gasteiger partial charge is 0.660 e. The molecule has 4 heteroatoms. The van der Waals surface area contributed by atoms with Crippen molar-refractivity contribution >= 4 is 16.8 Å². The molecule has 0 fully saturated rings. The second-order valence-electron chi connectivity index (χ2n) is 5.17. The van der Waals surface area contributed by atoms with Gasteiger partial charge in [-0.1, -0.05) is 29.8 Å². The second kappa shape index (κ2) is 4.70. The summed E-state index contributed by atoms with van der Waals surface area (Å²) in [6, 6.07) is 8.16. The second-order valence-corrected chi connectivity index (χ2v) is 5.17. The lowest BCUT2D eigenvalue weighted by molar-refractivity contribution is -0.122. The van der Waals surface area contributed by atoms with Gasteiger partial charge < -0.3 is 15.2 Å². The van der Waals surface area contributed by atoms with Gasteiger partial charge in [0.15, 0.2) is 0 Å². The lowest BCUT2D eigenvalue weighted by Crippen LogP contribution is -2.34. The molecule has 1 aliphatic rings. The predicted octanol–water partition coefficient (Wildman–Crippen LogP) is 1.11. The molecule has 4 nitrogen and oxygen atoms in total. The zero-order valence-electron chi connectivity index (χ0n) is 11.3. The maximum absolute atomic E-state index is 12.1. The molecular weight excluding hydrogens is 238 g/mol. The number of aromatic nitrogens is 1. The number of hydrogen-bond acceptors (Lipinski definition) is 2. The molecular formula is C15H18N3O-. The molecule has 1 amide bonds. The number of carbonyl (C=O) groups excluding carboxylic acids is 1. The minimum atomic E-state index is -0.167. The van der Waals surface area contributed by atoms with Gasteiger partial charge in [-0.15, -0.1) is 11.2 Å². The summed E-state index contributed by atoms with van der Waals surface area (Å²) in [6.45, 7) is 1.70. The smallest absolute Gasteiger partial charge is 0.226 e. The normalized spacial score (nSPS) is 20.0. The monoisotopic (exact) mass is 256 g/mol. The molecule has 100 valence electrons. The average Bonchev–Trinajstić information content (AvgIpc) is 2.71. The standard InChI is InChI=1S/C15H18N3O/c1-16-15(19)12-9-18(2)8-7-11-10-5-3-4-6-13(10)17-14(11)12/h3-6,12H,7-9H2,1-2H3,(H,16,19)/q-1. The number of carbonyl (C=O) groups is 1. The van der Waals surface area contributed by atoms with E-state index in [0.29, 0.717) is 0 Å². The number of nitrogens with one attached hydrogen (secondary N) is 1. The van der Waals surface area contributed by atoms with Gasteiger partial charge in [-0.25, -0.2) is 0 Å². The molecule has 1 aliphatic heterocycles. The number of fused-ring (bicyclic) bond motifs is 3. The molecule has 2 aromatic rings. The van der Waals surface area contributed by atoms with E-state index in [2.05, 4.69) is 23.3 Å². The lowest BCUT2D eigenvalue weighted by Gasteiger charge is -2.23. The Bertz CT molecular complexity index is 617. The first-order valence-electron chi connectivity index (χ1n) is 6.65. The molecule has 0 saturated heterocycles. The van der Waals surface area contributed by atoms with Gasteiger partial charge in [0.1, 0.15) is 0 Å². The molecule has 1 aromatic carbocycles. The fraction of sp³-hybridized carbons (Fsp3) is 0.400. The molecule has 0 aliphatic carbocycles. The first-order valence-corrected chi connectivity index (χ1v) is 6.65. The Morgan fingerprint density at radius 1 is 1.42 bits per heavy atom. The first kappa shape index (κ1) is 12.2. The van der Waals surface area contributed by atoms with Crippen LogP contribution in [0.4, 0.5) is 0 Å². The van der Waals surface area contributed by atoms with Crippen LogP contribution in [0.5, 0.6) is 0 Å². The van der Waals surface area contributed by atoms with Gasteiger partial charge in [0.25, 0.3) is 0 Å². The van der Waals surface area contributed by atoms with E-state index in [9.17, 15) is 4.79 Å². The van der Waals surface area contributed by atoms with Crippen molar-refractivity contribution in [2.45, 2.75) is 12.3 Å². The van der Waals surface area contributed by atoms with Crippen LogP contribution < -0.4 is 10.3 Å². The van der Waals surface area contributed by atoms with E-state index in [-0.39, 0.29) is 11.8 Å². The van der Waals surface area contributed by atoms with Crippen molar-refractivity contribution in [3.8, 4) is 0 Å². The Balaban J connectivity index is 2.16. The molecule has 0 spiro atoms. The maximum atomic E-state index is 12.1. The van der Waals surface area contributed by atoms with Gasteiger partial charge in [0.2, 0.25) is 5.91 Å². The van der Waals surface area contributed by atoms with Gasteiger partial charge in [-0.2, -0.15) is 0 Å². The summed E-state index contributed by atoms with van der Waals surface area (Å²) in [4.78, 5) is 19.0. The minimum Gasteiger partial charge on any atom is -0.660 e. The topological polar surface area (TPSA) is 46.4 Å². The predicted molar refractivity (Wildman–Crippen MR) is 75.3 cm³/mol. The zero-order valence-corrected chi connectivity index (χ0v) is 11.3. The molecule has 0 saturated carbocycles. The summed E-state index contributed by atoms with van der Waals surface area (Å²) in [5.74, 6) is -0.113. The zero-order chi connectivity index (χ0) is 13.4. The minimum absolute atomic E-state index is 0.0535. The van der Waals surface area contributed by atoms with Crippen molar-refractivity contribution in [1.82, 2.24) is 15.2 Å². The van der Waals surface area contributed by atoms with Gasteiger partial charge in [-0.05, 0) is 18.9 Å². The Labute approximate surface area is 112 Å². The fourth-order valence-electron chi connectivity index (χ4n) is 2.89. The molecule has 1 aromatic heterocycles. The van der Waals surface area contributed by atoms with Crippen LogP contribution in [0.3, 0.4) is 0 Å². The number of benzene rings is 1. The Morgan fingerprint density at radius 2 is 2.21 bits per heavy atom. The van der Waals surface area contributed by atoms with Crippen LogP contribution in [0.25, 0.3) is 10.9 Å². The van der Waals surface area contributed by atoms with E-state index in [0.717, 1.165) is 30.7 Å². The number of hydrogen-bond donors (Lipinski definition) is 1. The third kappa shape index (κ3) is 2.02. The third-order valence-electron chi connectivity index (χ3n) is 3.91. The quantitative estimate of drug-likeness (QED) is 0.831. The Hall–Kier alpha value is -1.81. The number of amides is 1. The Morgan fingerprint density at radius 3 is 3.00 bits per heavy atom. The van der Waals surface area contributed by atoms with Crippen LogP contribution in [-0.2, 0) is 11.2 Å². The number of rotatable bonds is 1. The van der Waals surface area contributed by atoms with E-state index in [4.69, 9.17) is 4.98 Å². The van der Waals surface area contributed by atoms with Crippen molar-refractivity contribution in [1.29, 1.82) is 0 Å². The number of para-hydroxylation sites is 1. The van der Waals surface area contributed by atoms with Gasteiger partial charge in [-0.3, -0.25) is 4.79 Å². The van der Waals surface area contributed by atoms with Crippen LogP contribution in [0.1, 0.15) is 17.2 Å². The highest BCUT2D eigenvalue weighted by molar-refractivity contribution is 5.90. The summed E-state index contributed by atoms with van der Waals surface area (Å²) in [5, 5.41) is 3.96. The average molecular weight is 256 g/mol. The molecule has 1 unspecified atom stereocenters. The van der Waals surface area contributed by atoms with Crippen molar-refractivity contribution in [2.75, 3.05) is 27.2 Å². The van der Waals surface area contributed by atoms with Gasteiger partial charge in [0, 0.05) is 20.1 Å². The van der Waals surface area contributed by atoms with Crippen LogP contribution in [0, 0.1) is 0 Å². The summed E-state index contributed by atoms with van der Waals surface area (Å²) >= 11 is 0. The Kier molecular flexibility index (Phi) is 3.03.